The molecule has 5 nitrogen and oxygen atoms in total. The fourth-order valence-corrected chi connectivity index (χ4v) is 4.44. The summed E-state index contributed by atoms with van der Waals surface area (Å²) in [5, 5.41) is 6.30. The second kappa shape index (κ2) is 7.46. The van der Waals surface area contributed by atoms with Gasteiger partial charge in [0, 0.05) is 10.9 Å². The Morgan fingerprint density at radius 1 is 1.19 bits per heavy atom. The average molecular weight is 396 g/mol. The Kier molecular flexibility index (Phi) is 4.87. The van der Waals surface area contributed by atoms with E-state index in [-0.39, 0.29) is 12.3 Å². The smallest absolute Gasteiger partial charge is 0.232 e. The second-order valence-electron chi connectivity index (χ2n) is 6.09. The number of amides is 1. The van der Waals surface area contributed by atoms with Crippen LogP contribution in [-0.4, -0.2) is 23.0 Å². The molecular weight excluding hydrogens is 378 g/mol. The highest BCUT2D eigenvalue weighted by Gasteiger charge is 2.12. The number of hydrogen-bond acceptors (Lipinski definition) is 6. The van der Waals surface area contributed by atoms with Gasteiger partial charge in [-0.15, -0.1) is 11.3 Å². The Hall–Kier alpha value is -2.77. The minimum atomic E-state index is -0.123. The van der Waals surface area contributed by atoms with Gasteiger partial charge in [-0.25, -0.2) is 9.97 Å². The molecule has 2 heterocycles. The highest BCUT2D eigenvalue weighted by Crippen LogP contribution is 2.29. The van der Waals surface area contributed by atoms with Crippen LogP contribution in [0.5, 0.6) is 5.75 Å². The molecule has 0 aliphatic rings. The summed E-state index contributed by atoms with van der Waals surface area (Å²) in [6, 6.07) is 13.9. The predicted molar refractivity (Wildman–Crippen MR) is 111 cm³/mol. The van der Waals surface area contributed by atoms with Crippen molar-refractivity contribution in [2.45, 2.75) is 13.3 Å². The lowest BCUT2D eigenvalue weighted by Gasteiger charge is -1.99. The van der Waals surface area contributed by atoms with Crippen LogP contribution < -0.4 is 10.1 Å². The van der Waals surface area contributed by atoms with Crippen molar-refractivity contribution in [1.29, 1.82) is 0 Å². The number of rotatable bonds is 5. The number of hydrogen-bond donors (Lipinski definition) is 1. The van der Waals surface area contributed by atoms with E-state index in [1.807, 2.05) is 35.7 Å². The second-order valence-corrected chi connectivity index (χ2v) is 7.98. The van der Waals surface area contributed by atoms with Crippen molar-refractivity contribution in [2.24, 2.45) is 0 Å². The third-order valence-electron chi connectivity index (χ3n) is 4.00. The lowest BCUT2D eigenvalue weighted by atomic mass is 10.1. The Morgan fingerprint density at radius 2 is 2.07 bits per heavy atom. The zero-order valence-electron chi connectivity index (χ0n) is 14.9. The quantitative estimate of drug-likeness (QED) is 0.521. The summed E-state index contributed by atoms with van der Waals surface area (Å²) < 4.78 is 6.19. The van der Waals surface area contributed by atoms with E-state index in [1.165, 1.54) is 16.9 Å². The molecule has 0 radical (unpaired) electrons. The SMILES string of the molecule is COc1ccc2nc(NC(=O)Cc3csc(-c4cccc(C)c4)n3)sc2c1. The Labute approximate surface area is 164 Å². The van der Waals surface area contributed by atoms with E-state index in [2.05, 4.69) is 34.3 Å². The van der Waals surface area contributed by atoms with Gasteiger partial charge in [-0.3, -0.25) is 4.79 Å². The highest BCUT2D eigenvalue weighted by molar-refractivity contribution is 7.22. The first-order chi connectivity index (χ1) is 13.1. The number of carbonyl (C=O) groups excluding carboxylic acids is 1. The number of ether oxygens (including phenoxy) is 1. The molecule has 136 valence electrons. The minimum Gasteiger partial charge on any atom is -0.497 e. The number of anilines is 1. The van der Waals surface area contributed by atoms with Crippen molar-refractivity contribution >= 4 is 43.9 Å². The molecule has 0 saturated carbocycles. The van der Waals surface area contributed by atoms with Gasteiger partial charge in [0.15, 0.2) is 5.13 Å². The van der Waals surface area contributed by atoms with Crippen LogP contribution in [-0.2, 0) is 11.2 Å². The third-order valence-corrected chi connectivity index (χ3v) is 5.87. The maximum atomic E-state index is 12.4. The topological polar surface area (TPSA) is 64.1 Å². The fourth-order valence-electron chi connectivity index (χ4n) is 2.71. The van der Waals surface area contributed by atoms with Crippen LogP contribution in [0.1, 0.15) is 11.3 Å². The number of aryl methyl sites for hydroxylation is 1. The first kappa shape index (κ1) is 17.6. The zero-order chi connectivity index (χ0) is 18.8. The molecule has 0 bridgehead atoms. The summed E-state index contributed by atoms with van der Waals surface area (Å²) in [7, 11) is 1.63. The monoisotopic (exact) mass is 395 g/mol. The van der Waals surface area contributed by atoms with E-state index in [0.717, 1.165) is 32.2 Å². The van der Waals surface area contributed by atoms with Gasteiger partial charge in [0.05, 0.1) is 29.4 Å². The maximum Gasteiger partial charge on any atom is 0.232 e. The average Bonchev–Trinajstić information content (AvgIpc) is 3.27. The lowest BCUT2D eigenvalue weighted by Crippen LogP contribution is -2.14. The van der Waals surface area contributed by atoms with E-state index < -0.39 is 0 Å². The van der Waals surface area contributed by atoms with Crippen molar-refractivity contribution in [3.05, 3.63) is 59.1 Å². The molecule has 0 atom stereocenters. The number of thiazole rings is 2. The number of methoxy groups -OCH3 is 1. The molecule has 1 N–H and O–H groups in total. The van der Waals surface area contributed by atoms with Gasteiger partial charge in [-0.05, 0) is 31.2 Å². The molecule has 4 rings (SSSR count). The molecule has 0 aliphatic carbocycles. The number of aromatic nitrogens is 2. The number of nitrogens with one attached hydrogen (secondary N) is 1. The summed E-state index contributed by atoms with van der Waals surface area (Å²) in [5.41, 5.74) is 3.87. The van der Waals surface area contributed by atoms with Crippen LogP contribution >= 0.6 is 22.7 Å². The van der Waals surface area contributed by atoms with Crippen LogP contribution in [0, 0.1) is 6.92 Å². The van der Waals surface area contributed by atoms with Gasteiger partial charge in [0.1, 0.15) is 10.8 Å². The van der Waals surface area contributed by atoms with Crippen molar-refractivity contribution in [3.8, 4) is 16.3 Å². The number of nitrogens with zero attached hydrogens (tertiary/aromatic N) is 2. The standard InChI is InChI=1S/C20H17N3O2S2/c1-12-4-3-5-13(8-12)19-21-14(11-26-19)9-18(24)23-20-22-16-7-6-15(25-2)10-17(16)27-20/h3-8,10-11H,9H2,1-2H3,(H,22,23,24). The molecule has 0 saturated heterocycles. The van der Waals surface area contributed by atoms with Crippen molar-refractivity contribution in [2.75, 3.05) is 12.4 Å². The van der Waals surface area contributed by atoms with Crippen LogP contribution in [0.2, 0.25) is 0 Å². The molecule has 7 heteroatoms. The van der Waals surface area contributed by atoms with E-state index >= 15 is 0 Å². The van der Waals surface area contributed by atoms with Gasteiger partial charge < -0.3 is 10.1 Å². The summed E-state index contributed by atoms with van der Waals surface area (Å²) in [4.78, 5) is 21.4. The molecular formula is C20H17N3O2S2. The minimum absolute atomic E-state index is 0.123. The fraction of sp³-hybridized carbons (Fsp3) is 0.150. The first-order valence-electron chi connectivity index (χ1n) is 8.36. The molecule has 27 heavy (non-hydrogen) atoms. The normalized spacial score (nSPS) is 10.9. The van der Waals surface area contributed by atoms with Gasteiger partial charge in [-0.1, -0.05) is 35.1 Å². The van der Waals surface area contributed by atoms with Crippen molar-refractivity contribution in [1.82, 2.24) is 9.97 Å². The van der Waals surface area contributed by atoms with E-state index in [1.54, 1.807) is 18.4 Å². The Balaban J connectivity index is 1.45. The molecule has 0 spiro atoms. The van der Waals surface area contributed by atoms with E-state index in [0.29, 0.717) is 5.13 Å². The molecule has 0 unspecified atom stereocenters. The maximum absolute atomic E-state index is 12.4. The van der Waals surface area contributed by atoms with E-state index in [4.69, 9.17) is 4.74 Å². The lowest BCUT2D eigenvalue weighted by molar-refractivity contribution is -0.115. The van der Waals surface area contributed by atoms with Crippen LogP contribution in [0.25, 0.3) is 20.8 Å². The summed E-state index contributed by atoms with van der Waals surface area (Å²) in [6.45, 7) is 2.05. The Bertz CT molecular complexity index is 1120. The summed E-state index contributed by atoms with van der Waals surface area (Å²) in [5.74, 6) is 0.650. The van der Waals surface area contributed by atoms with Crippen molar-refractivity contribution < 1.29 is 9.53 Å². The van der Waals surface area contributed by atoms with Gasteiger partial charge in [0.25, 0.3) is 0 Å². The molecule has 0 fully saturated rings. The number of carbonyl (C=O) groups is 1. The highest BCUT2D eigenvalue weighted by atomic mass is 32.1. The number of benzene rings is 2. The van der Waals surface area contributed by atoms with Crippen LogP contribution in [0.4, 0.5) is 5.13 Å². The zero-order valence-corrected chi connectivity index (χ0v) is 16.5. The molecule has 4 aromatic rings. The molecule has 0 aliphatic heterocycles. The van der Waals surface area contributed by atoms with Crippen LogP contribution in [0.3, 0.4) is 0 Å². The largest absolute Gasteiger partial charge is 0.497 e. The van der Waals surface area contributed by atoms with Crippen molar-refractivity contribution in [3.63, 3.8) is 0 Å². The van der Waals surface area contributed by atoms with Gasteiger partial charge >= 0.3 is 0 Å². The third kappa shape index (κ3) is 3.99. The Morgan fingerprint density at radius 3 is 2.89 bits per heavy atom. The summed E-state index contributed by atoms with van der Waals surface area (Å²) >= 11 is 2.98. The van der Waals surface area contributed by atoms with Gasteiger partial charge in [0.2, 0.25) is 5.91 Å². The van der Waals surface area contributed by atoms with E-state index in [9.17, 15) is 4.79 Å². The molecule has 2 aromatic heterocycles. The number of fused-ring (bicyclic) bond motifs is 1. The summed E-state index contributed by atoms with van der Waals surface area (Å²) in [6.07, 6.45) is 0.224. The van der Waals surface area contributed by atoms with Crippen LogP contribution in [0.15, 0.2) is 47.8 Å². The molecule has 1 amide bonds. The van der Waals surface area contributed by atoms with Gasteiger partial charge in [-0.2, -0.15) is 0 Å². The predicted octanol–water partition coefficient (Wildman–Crippen LogP) is 4.92. The first-order valence-corrected chi connectivity index (χ1v) is 10.1. The molecule has 2 aromatic carbocycles.